The number of rotatable bonds is 5. The lowest BCUT2D eigenvalue weighted by Crippen LogP contribution is -2.51. The lowest BCUT2D eigenvalue weighted by Gasteiger charge is -2.35. The van der Waals surface area contributed by atoms with E-state index in [-0.39, 0.29) is 37.0 Å². The van der Waals surface area contributed by atoms with Crippen LogP contribution in [0.4, 0.5) is 0 Å². The van der Waals surface area contributed by atoms with Crippen molar-refractivity contribution in [1.82, 2.24) is 5.32 Å². The Morgan fingerprint density at radius 2 is 2.17 bits per heavy atom. The molecule has 0 bridgehead atoms. The zero-order chi connectivity index (χ0) is 13.5. The summed E-state index contributed by atoms with van der Waals surface area (Å²) in [6.07, 6.45) is 1.24. The molecule has 1 heterocycles. The average Bonchev–Trinajstić information content (AvgIpc) is 2.39. The summed E-state index contributed by atoms with van der Waals surface area (Å²) in [7, 11) is 1.33. The number of methoxy groups -OCH3 is 1. The van der Waals surface area contributed by atoms with Crippen LogP contribution in [-0.2, 0) is 19.1 Å². The van der Waals surface area contributed by atoms with E-state index in [4.69, 9.17) is 4.74 Å². The van der Waals surface area contributed by atoms with Crippen molar-refractivity contribution in [1.29, 1.82) is 0 Å². The molecular formula is C12H21NO5. The number of aliphatic hydroxyl groups is 1. The van der Waals surface area contributed by atoms with Crippen molar-refractivity contribution in [3.05, 3.63) is 0 Å². The summed E-state index contributed by atoms with van der Waals surface area (Å²) in [6.45, 7) is 1.60. The van der Waals surface area contributed by atoms with E-state index in [1.54, 1.807) is 6.92 Å². The lowest BCUT2D eigenvalue weighted by atomic mass is 9.97. The maximum absolute atomic E-state index is 11.3. The molecular weight excluding hydrogens is 238 g/mol. The normalized spacial score (nSPS) is 27.6. The van der Waals surface area contributed by atoms with Gasteiger partial charge in [-0.1, -0.05) is 6.92 Å². The smallest absolute Gasteiger partial charge is 0.308 e. The van der Waals surface area contributed by atoms with Crippen molar-refractivity contribution in [2.75, 3.05) is 13.7 Å². The van der Waals surface area contributed by atoms with Crippen LogP contribution < -0.4 is 5.32 Å². The zero-order valence-corrected chi connectivity index (χ0v) is 10.8. The quantitative estimate of drug-likeness (QED) is 0.678. The second-order valence-corrected chi connectivity index (χ2v) is 4.36. The van der Waals surface area contributed by atoms with Gasteiger partial charge in [-0.25, -0.2) is 0 Å². The van der Waals surface area contributed by atoms with Crippen molar-refractivity contribution >= 4 is 11.9 Å². The van der Waals surface area contributed by atoms with Crippen molar-refractivity contribution in [2.45, 2.75) is 50.9 Å². The first-order valence-corrected chi connectivity index (χ1v) is 6.23. The Hall–Kier alpha value is -1.14. The second-order valence-electron chi connectivity index (χ2n) is 4.36. The maximum Gasteiger partial charge on any atom is 0.308 e. The minimum Gasteiger partial charge on any atom is -0.469 e. The minimum absolute atomic E-state index is 0.0616. The predicted octanol–water partition coefficient (Wildman–Crippen LogP) is -0.0158. The number of carbonyl (C=O) groups is 2. The summed E-state index contributed by atoms with van der Waals surface area (Å²) in [4.78, 5) is 22.5. The number of amides is 1. The summed E-state index contributed by atoms with van der Waals surface area (Å²) in [5, 5.41) is 12.1. The molecule has 0 radical (unpaired) electrons. The molecule has 2 N–H and O–H groups in total. The van der Waals surface area contributed by atoms with Crippen LogP contribution in [0.5, 0.6) is 0 Å². The maximum atomic E-state index is 11.3. The molecule has 0 saturated carbocycles. The summed E-state index contributed by atoms with van der Waals surface area (Å²) in [5.74, 6) is -0.388. The van der Waals surface area contributed by atoms with Gasteiger partial charge < -0.3 is 19.9 Å². The fourth-order valence-corrected chi connectivity index (χ4v) is 2.03. The van der Waals surface area contributed by atoms with Crippen LogP contribution in [0.2, 0.25) is 0 Å². The van der Waals surface area contributed by atoms with Crippen LogP contribution in [-0.4, -0.2) is 48.9 Å². The predicted molar refractivity (Wildman–Crippen MR) is 63.8 cm³/mol. The first-order valence-electron chi connectivity index (χ1n) is 6.23. The highest BCUT2D eigenvalue weighted by molar-refractivity contribution is 5.75. The standard InChI is InChI=1S/C12H21NO5/c1-3-11(15)13-9-5-4-8(6-12(16)17-2)18-10(9)7-14/h8-10,14H,3-7H2,1-2H3,(H,13,15)/t8-,9-,10-/m0/s1. The minimum atomic E-state index is -0.455. The number of nitrogens with one attached hydrogen (secondary N) is 1. The first-order chi connectivity index (χ1) is 8.60. The Morgan fingerprint density at radius 1 is 1.44 bits per heavy atom. The molecule has 3 atom stereocenters. The highest BCUT2D eigenvalue weighted by Crippen LogP contribution is 2.22. The SMILES string of the molecule is CCC(=O)N[C@H]1CC[C@@H](CC(=O)OC)O[C@H]1CO. The average molecular weight is 259 g/mol. The Morgan fingerprint density at radius 3 is 2.72 bits per heavy atom. The van der Waals surface area contributed by atoms with Crippen molar-refractivity contribution < 1.29 is 24.2 Å². The summed E-state index contributed by atoms with van der Waals surface area (Å²) < 4.78 is 10.2. The van der Waals surface area contributed by atoms with Gasteiger partial charge in [-0.2, -0.15) is 0 Å². The molecule has 104 valence electrons. The number of carbonyl (C=O) groups excluding carboxylic acids is 2. The van der Waals surface area contributed by atoms with Gasteiger partial charge in [-0.15, -0.1) is 0 Å². The third-order valence-corrected chi connectivity index (χ3v) is 3.09. The number of hydrogen-bond donors (Lipinski definition) is 2. The Bertz CT molecular complexity index is 294. The van der Waals surface area contributed by atoms with Crippen LogP contribution in [0.15, 0.2) is 0 Å². The molecule has 0 aliphatic carbocycles. The van der Waals surface area contributed by atoms with Crippen LogP contribution in [0, 0.1) is 0 Å². The van der Waals surface area contributed by atoms with E-state index >= 15 is 0 Å². The summed E-state index contributed by atoms with van der Waals surface area (Å²) >= 11 is 0. The van der Waals surface area contributed by atoms with E-state index in [0.717, 1.165) is 0 Å². The molecule has 18 heavy (non-hydrogen) atoms. The van der Waals surface area contributed by atoms with Gasteiger partial charge in [0.15, 0.2) is 0 Å². The molecule has 1 aliphatic heterocycles. The molecule has 1 rings (SSSR count). The van der Waals surface area contributed by atoms with E-state index in [1.807, 2.05) is 0 Å². The Balaban J connectivity index is 2.48. The van der Waals surface area contributed by atoms with Gasteiger partial charge in [0.25, 0.3) is 0 Å². The largest absolute Gasteiger partial charge is 0.469 e. The van der Waals surface area contributed by atoms with Gasteiger partial charge in [0.05, 0.1) is 32.3 Å². The number of esters is 1. The lowest BCUT2D eigenvalue weighted by molar-refractivity contribution is -0.150. The van der Waals surface area contributed by atoms with Crippen molar-refractivity contribution in [3.63, 3.8) is 0 Å². The number of hydrogen-bond acceptors (Lipinski definition) is 5. The van der Waals surface area contributed by atoms with Gasteiger partial charge in [-0.3, -0.25) is 9.59 Å². The van der Waals surface area contributed by atoms with Gasteiger partial charge >= 0.3 is 5.97 Å². The van der Waals surface area contributed by atoms with Gasteiger partial charge in [0.2, 0.25) is 5.91 Å². The molecule has 1 fully saturated rings. The third kappa shape index (κ3) is 4.27. The number of ether oxygens (including phenoxy) is 2. The van der Waals surface area contributed by atoms with Gasteiger partial charge in [0.1, 0.15) is 6.10 Å². The molecule has 0 aromatic rings. The molecule has 0 spiro atoms. The van der Waals surface area contributed by atoms with E-state index in [9.17, 15) is 14.7 Å². The van der Waals surface area contributed by atoms with E-state index in [0.29, 0.717) is 19.3 Å². The molecule has 6 heteroatoms. The van der Waals surface area contributed by atoms with E-state index in [2.05, 4.69) is 10.1 Å². The molecule has 1 amide bonds. The van der Waals surface area contributed by atoms with Crippen molar-refractivity contribution in [2.24, 2.45) is 0 Å². The van der Waals surface area contributed by atoms with E-state index in [1.165, 1.54) is 7.11 Å². The molecule has 6 nitrogen and oxygen atoms in total. The van der Waals surface area contributed by atoms with Crippen LogP contribution in [0.25, 0.3) is 0 Å². The zero-order valence-electron chi connectivity index (χ0n) is 10.8. The fraction of sp³-hybridized carbons (Fsp3) is 0.833. The molecule has 0 aromatic heterocycles. The second kappa shape index (κ2) is 7.33. The molecule has 0 aromatic carbocycles. The fourth-order valence-electron chi connectivity index (χ4n) is 2.03. The van der Waals surface area contributed by atoms with Crippen molar-refractivity contribution in [3.8, 4) is 0 Å². The van der Waals surface area contributed by atoms with Gasteiger partial charge in [-0.05, 0) is 12.8 Å². The van der Waals surface area contributed by atoms with Gasteiger partial charge in [0, 0.05) is 6.42 Å². The van der Waals surface area contributed by atoms with E-state index < -0.39 is 6.10 Å². The summed E-state index contributed by atoms with van der Waals surface area (Å²) in [6, 6.07) is -0.184. The Labute approximate surface area is 107 Å². The summed E-state index contributed by atoms with van der Waals surface area (Å²) in [5.41, 5.74) is 0. The molecule has 1 saturated heterocycles. The number of aliphatic hydroxyl groups excluding tert-OH is 1. The highest BCUT2D eigenvalue weighted by Gasteiger charge is 2.32. The van der Waals surface area contributed by atoms with Crippen LogP contribution in [0.3, 0.4) is 0 Å². The molecule has 1 aliphatic rings. The third-order valence-electron chi connectivity index (χ3n) is 3.09. The molecule has 0 unspecified atom stereocenters. The highest BCUT2D eigenvalue weighted by atomic mass is 16.5. The van der Waals surface area contributed by atoms with Crippen LogP contribution >= 0.6 is 0 Å². The Kier molecular flexibility index (Phi) is 6.07. The topological polar surface area (TPSA) is 84.9 Å². The van der Waals surface area contributed by atoms with Crippen LogP contribution in [0.1, 0.15) is 32.6 Å². The first kappa shape index (κ1) is 14.9. The monoisotopic (exact) mass is 259 g/mol.